The molecule has 0 spiro atoms. The van der Waals surface area contributed by atoms with Crippen LogP contribution in [-0.2, 0) is 6.42 Å². The summed E-state index contributed by atoms with van der Waals surface area (Å²) in [4.78, 5) is 10.6. The van der Waals surface area contributed by atoms with E-state index in [2.05, 4.69) is 51.5 Å². The van der Waals surface area contributed by atoms with Gasteiger partial charge in [0.15, 0.2) is 5.82 Å². The standard InChI is InChI=1S/C19H22N6/c1-14-5-4-6-15(2)18(14)22-17-13-21-24-19(23-17)25(3)12-9-16-7-10-20-11-8-16/h4-8,10-11,13H,9,12H2,1-3H3,(H,22,23,24). The van der Waals surface area contributed by atoms with Crippen LogP contribution in [0, 0.1) is 13.8 Å². The summed E-state index contributed by atoms with van der Waals surface area (Å²) in [6.45, 7) is 4.95. The van der Waals surface area contributed by atoms with Gasteiger partial charge >= 0.3 is 0 Å². The number of aryl methyl sites for hydroxylation is 2. The molecule has 6 nitrogen and oxygen atoms in total. The van der Waals surface area contributed by atoms with Gasteiger partial charge in [0.05, 0.1) is 6.20 Å². The van der Waals surface area contributed by atoms with Gasteiger partial charge in [-0.25, -0.2) is 0 Å². The molecule has 3 aromatic rings. The van der Waals surface area contributed by atoms with E-state index in [9.17, 15) is 0 Å². The number of benzene rings is 1. The molecule has 0 amide bonds. The van der Waals surface area contributed by atoms with Crippen molar-refractivity contribution < 1.29 is 0 Å². The molecular weight excluding hydrogens is 312 g/mol. The molecule has 6 heteroatoms. The van der Waals surface area contributed by atoms with E-state index >= 15 is 0 Å². The second kappa shape index (κ2) is 7.70. The van der Waals surface area contributed by atoms with Gasteiger partial charge in [-0.3, -0.25) is 4.98 Å². The molecule has 0 unspecified atom stereocenters. The summed E-state index contributed by atoms with van der Waals surface area (Å²) >= 11 is 0. The molecule has 3 rings (SSSR count). The lowest BCUT2D eigenvalue weighted by Gasteiger charge is -2.17. The van der Waals surface area contributed by atoms with Crippen molar-refractivity contribution in [3.63, 3.8) is 0 Å². The Hall–Kier alpha value is -3.02. The molecule has 2 aromatic heterocycles. The van der Waals surface area contributed by atoms with Gasteiger partial charge < -0.3 is 10.2 Å². The number of nitrogens with zero attached hydrogens (tertiary/aromatic N) is 5. The Morgan fingerprint density at radius 1 is 1.04 bits per heavy atom. The van der Waals surface area contributed by atoms with E-state index in [1.807, 2.05) is 42.5 Å². The van der Waals surface area contributed by atoms with E-state index in [1.54, 1.807) is 6.20 Å². The van der Waals surface area contributed by atoms with E-state index < -0.39 is 0 Å². The summed E-state index contributed by atoms with van der Waals surface area (Å²) in [6, 6.07) is 10.2. The first-order valence-corrected chi connectivity index (χ1v) is 8.26. The third kappa shape index (κ3) is 4.29. The Labute approximate surface area is 148 Å². The first-order valence-electron chi connectivity index (χ1n) is 8.26. The molecule has 0 radical (unpaired) electrons. The average molecular weight is 334 g/mol. The van der Waals surface area contributed by atoms with E-state index in [1.165, 1.54) is 16.7 Å². The van der Waals surface area contributed by atoms with Crippen molar-refractivity contribution in [2.75, 3.05) is 23.8 Å². The molecule has 2 heterocycles. The van der Waals surface area contributed by atoms with Crippen molar-refractivity contribution in [3.05, 3.63) is 65.6 Å². The lowest BCUT2D eigenvalue weighted by molar-refractivity contribution is 0.812. The summed E-state index contributed by atoms with van der Waals surface area (Å²) in [7, 11) is 1.97. The first kappa shape index (κ1) is 16.8. The zero-order valence-electron chi connectivity index (χ0n) is 14.8. The van der Waals surface area contributed by atoms with Crippen LogP contribution in [0.25, 0.3) is 0 Å². The molecule has 0 fully saturated rings. The zero-order chi connectivity index (χ0) is 17.6. The maximum atomic E-state index is 4.59. The summed E-state index contributed by atoms with van der Waals surface area (Å²) in [5.41, 5.74) is 4.64. The van der Waals surface area contributed by atoms with Gasteiger partial charge in [0.1, 0.15) is 0 Å². The SMILES string of the molecule is Cc1cccc(C)c1Nc1cnnc(N(C)CCc2ccncc2)n1. The van der Waals surface area contributed by atoms with Crippen LogP contribution in [0.1, 0.15) is 16.7 Å². The van der Waals surface area contributed by atoms with Gasteiger partial charge in [-0.05, 0) is 49.1 Å². The first-order chi connectivity index (χ1) is 12.1. The van der Waals surface area contributed by atoms with Crippen LogP contribution in [0.4, 0.5) is 17.5 Å². The molecule has 0 aliphatic heterocycles. The van der Waals surface area contributed by atoms with Crippen LogP contribution in [0.3, 0.4) is 0 Å². The van der Waals surface area contributed by atoms with E-state index in [0.29, 0.717) is 11.8 Å². The van der Waals surface area contributed by atoms with Gasteiger partial charge in [-0.1, -0.05) is 18.2 Å². The fourth-order valence-electron chi connectivity index (χ4n) is 2.60. The third-order valence-corrected chi connectivity index (χ3v) is 4.11. The highest BCUT2D eigenvalue weighted by Crippen LogP contribution is 2.23. The highest BCUT2D eigenvalue weighted by atomic mass is 15.3. The van der Waals surface area contributed by atoms with E-state index in [0.717, 1.165) is 18.7 Å². The second-order valence-corrected chi connectivity index (χ2v) is 6.06. The van der Waals surface area contributed by atoms with Gasteiger partial charge in [-0.2, -0.15) is 10.1 Å². The normalized spacial score (nSPS) is 10.5. The summed E-state index contributed by atoms with van der Waals surface area (Å²) in [5, 5.41) is 11.6. The van der Waals surface area contributed by atoms with Crippen LogP contribution in [0.2, 0.25) is 0 Å². The highest BCUT2D eigenvalue weighted by molar-refractivity contribution is 5.64. The lowest BCUT2D eigenvalue weighted by atomic mass is 10.1. The number of pyridine rings is 1. The third-order valence-electron chi connectivity index (χ3n) is 4.11. The van der Waals surface area contributed by atoms with E-state index in [4.69, 9.17) is 0 Å². The van der Waals surface area contributed by atoms with Crippen LogP contribution in [0.15, 0.2) is 48.9 Å². The average Bonchev–Trinajstić information content (AvgIpc) is 2.64. The highest BCUT2D eigenvalue weighted by Gasteiger charge is 2.09. The number of rotatable bonds is 6. The molecule has 0 saturated heterocycles. The Morgan fingerprint density at radius 3 is 2.48 bits per heavy atom. The maximum Gasteiger partial charge on any atom is 0.247 e. The number of para-hydroxylation sites is 1. The molecule has 25 heavy (non-hydrogen) atoms. The predicted molar refractivity (Wildman–Crippen MR) is 100 cm³/mol. The van der Waals surface area contributed by atoms with Gasteiger partial charge in [0.2, 0.25) is 5.95 Å². The molecule has 0 aliphatic rings. The number of likely N-dealkylation sites (N-methyl/N-ethyl adjacent to an activating group) is 1. The molecule has 0 bridgehead atoms. The second-order valence-electron chi connectivity index (χ2n) is 6.06. The van der Waals surface area contributed by atoms with Crippen LogP contribution < -0.4 is 10.2 Å². The molecule has 0 atom stereocenters. The maximum absolute atomic E-state index is 4.59. The number of aromatic nitrogens is 4. The molecule has 0 saturated carbocycles. The molecule has 1 aromatic carbocycles. The number of hydrogen-bond donors (Lipinski definition) is 1. The minimum Gasteiger partial charge on any atom is -0.342 e. The zero-order valence-corrected chi connectivity index (χ0v) is 14.8. The smallest absolute Gasteiger partial charge is 0.247 e. The van der Waals surface area contributed by atoms with Crippen molar-refractivity contribution in [2.24, 2.45) is 0 Å². The van der Waals surface area contributed by atoms with Crippen molar-refractivity contribution >= 4 is 17.5 Å². The van der Waals surface area contributed by atoms with Gasteiger partial charge in [-0.15, -0.1) is 5.10 Å². The molecule has 128 valence electrons. The Bertz CT molecular complexity index is 814. The topological polar surface area (TPSA) is 66.8 Å². The van der Waals surface area contributed by atoms with E-state index in [-0.39, 0.29) is 0 Å². The van der Waals surface area contributed by atoms with Crippen molar-refractivity contribution in [2.45, 2.75) is 20.3 Å². The Morgan fingerprint density at radius 2 is 1.76 bits per heavy atom. The minimum absolute atomic E-state index is 0.602. The Balaban J connectivity index is 1.70. The number of nitrogens with one attached hydrogen (secondary N) is 1. The minimum atomic E-state index is 0.602. The Kier molecular flexibility index (Phi) is 5.18. The number of anilines is 3. The van der Waals surface area contributed by atoms with Gasteiger partial charge in [0.25, 0.3) is 0 Å². The summed E-state index contributed by atoms with van der Waals surface area (Å²) in [5.74, 6) is 1.29. The van der Waals surface area contributed by atoms with Crippen molar-refractivity contribution in [3.8, 4) is 0 Å². The summed E-state index contributed by atoms with van der Waals surface area (Å²) < 4.78 is 0. The number of hydrogen-bond acceptors (Lipinski definition) is 6. The summed E-state index contributed by atoms with van der Waals surface area (Å²) in [6.07, 6.45) is 6.16. The fraction of sp³-hybridized carbons (Fsp3) is 0.263. The predicted octanol–water partition coefficient (Wildman–Crippen LogP) is 3.31. The van der Waals surface area contributed by atoms with Crippen LogP contribution in [-0.4, -0.2) is 33.8 Å². The van der Waals surface area contributed by atoms with Crippen molar-refractivity contribution in [1.29, 1.82) is 0 Å². The van der Waals surface area contributed by atoms with Crippen LogP contribution in [0.5, 0.6) is 0 Å². The quantitative estimate of drug-likeness (QED) is 0.746. The monoisotopic (exact) mass is 334 g/mol. The van der Waals surface area contributed by atoms with Crippen molar-refractivity contribution in [1.82, 2.24) is 20.2 Å². The largest absolute Gasteiger partial charge is 0.342 e. The van der Waals surface area contributed by atoms with Gasteiger partial charge in [0, 0.05) is 31.7 Å². The fourth-order valence-corrected chi connectivity index (χ4v) is 2.60. The molecule has 0 aliphatic carbocycles. The lowest BCUT2D eigenvalue weighted by Crippen LogP contribution is -2.23. The van der Waals surface area contributed by atoms with Crippen LogP contribution >= 0.6 is 0 Å². The molecular formula is C19H22N6. The molecule has 1 N–H and O–H groups in total.